The molecule has 2 rings (SSSR count). The molecule has 0 saturated heterocycles. The predicted molar refractivity (Wildman–Crippen MR) is 83.4 cm³/mol. The highest BCUT2D eigenvalue weighted by atomic mass is 35.5. The van der Waals surface area contributed by atoms with Gasteiger partial charge in [0.25, 0.3) is 0 Å². The van der Waals surface area contributed by atoms with Crippen LogP contribution in [0.15, 0.2) is 42.5 Å². The Labute approximate surface area is 124 Å². The minimum absolute atomic E-state index is 0.0170. The highest BCUT2D eigenvalue weighted by molar-refractivity contribution is 7.79. The van der Waals surface area contributed by atoms with Gasteiger partial charge in [0.1, 0.15) is 0 Å². The van der Waals surface area contributed by atoms with Crippen LogP contribution >= 0.6 is 24.2 Å². The number of ketones is 1. The minimum atomic E-state index is 0.0170. The van der Waals surface area contributed by atoms with Gasteiger partial charge in [-0.25, -0.2) is 0 Å². The molecule has 0 aliphatic carbocycles. The summed E-state index contributed by atoms with van der Waals surface area (Å²) in [6.07, 6.45) is 0.970. The van der Waals surface area contributed by atoms with Crippen LogP contribution in [0.4, 0.5) is 0 Å². The third-order valence-electron chi connectivity index (χ3n) is 3.11. The van der Waals surface area contributed by atoms with E-state index in [-0.39, 0.29) is 5.78 Å². The lowest BCUT2D eigenvalue weighted by molar-refractivity contribution is 0.103. The van der Waals surface area contributed by atoms with Crippen LogP contribution in [-0.4, -0.2) is 5.78 Å². The van der Waals surface area contributed by atoms with Crippen molar-refractivity contribution in [2.24, 2.45) is 0 Å². The van der Waals surface area contributed by atoms with Gasteiger partial charge in [-0.1, -0.05) is 42.8 Å². The van der Waals surface area contributed by atoms with Crippen molar-refractivity contribution >= 4 is 30.0 Å². The van der Waals surface area contributed by atoms with Crippen molar-refractivity contribution in [2.75, 3.05) is 0 Å². The second-order valence-corrected chi connectivity index (χ2v) is 5.09. The highest BCUT2D eigenvalue weighted by Crippen LogP contribution is 2.21. The molecular weight excluding hydrogens is 276 g/mol. The van der Waals surface area contributed by atoms with Crippen molar-refractivity contribution < 1.29 is 4.79 Å². The van der Waals surface area contributed by atoms with Crippen LogP contribution in [0.3, 0.4) is 0 Å². The maximum Gasteiger partial charge on any atom is 0.193 e. The maximum atomic E-state index is 12.5. The fourth-order valence-electron chi connectivity index (χ4n) is 1.96. The molecule has 0 bridgehead atoms. The molecule has 0 heterocycles. The summed E-state index contributed by atoms with van der Waals surface area (Å²) in [5.41, 5.74) is 3.45. The second-order valence-electron chi connectivity index (χ2n) is 4.34. The Hall–Kier alpha value is -1.25. The molecule has 0 spiro atoms. The van der Waals surface area contributed by atoms with E-state index in [1.165, 1.54) is 5.56 Å². The summed E-state index contributed by atoms with van der Waals surface area (Å²) in [5, 5.41) is 0.627. The van der Waals surface area contributed by atoms with Gasteiger partial charge in [-0.2, -0.15) is 12.6 Å². The fraction of sp³-hybridized carbons (Fsp3) is 0.188. The van der Waals surface area contributed by atoms with Crippen molar-refractivity contribution in [3.05, 3.63) is 69.7 Å². The summed E-state index contributed by atoms with van der Waals surface area (Å²) in [5.74, 6) is 0.512. The number of hydrogen-bond acceptors (Lipinski definition) is 2. The predicted octanol–water partition coefficient (Wildman–Crippen LogP) is 4.56. The number of thiol groups is 1. The van der Waals surface area contributed by atoms with Crippen molar-refractivity contribution in [2.45, 2.75) is 19.1 Å². The molecule has 3 heteroatoms. The van der Waals surface area contributed by atoms with Gasteiger partial charge in [-0.3, -0.25) is 4.79 Å². The van der Waals surface area contributed by atoms with Gasteiger partial charge in [0.2, 0.25) is 0 Å². The van der Waals surface area contributed by atoms with Crippen molar-refractivity contribution in [1.82, 2.24) is 0 Å². The Morgan fingerprint density at radius 2 is 1.84 bits per heavy atom. The van der Waals surface area contributed by atoms with Crippen LogP contribution in [0.25, 0.3) is 0 Å². The smallest absolute Gasteiger partial charge is 0.193 e. The largest absolute Gasteiger partial charge is 0.289 e. The van der Waals surface area contributed by atoms with E-state index in [1.807, 2.05) is 24.3 Å². The molecule has 0 aliphatic rings. The first-order chi connectivity index (χ1) is 9.15. The number of aryl methyl sites for hydroxylation is 1. The van der Waals surface area contributed by atoms with Crippen molar-refractivity contribution in [1.29, 1.82) is 0 Å². The van der Waals surface area contributed by atoms with E-state index in [2.05, 4.69) is 19.6 Å². The SMILES string of the molecule is CCc1ccc(C(=O)c2ccc(Cl)cc2CS)cc1. The molecule has 2 aromatic rings. The standard InChI is InChI=1S/C16H15ClOS/c1-2-11-3-5-12(6-4-11)16(18)15-8-7-14(17)9-13(15)10-19/h3-9,19H,2,10H2,1H3. The molecule has 0 amide bonds. The van der Waals surface area contributed by atoms with E-state index in [0.717, 1.165) is 12.0 Å². The molecule has 19 heavy (non-hydrogen) atoms. The van der Waals surface area contributed by atoms with Crippen LogP contribution in [0.5, 0.6) is 0 Å². The third-order valence-corrected chi connectivity index (χ3v) is 3.68. The van der Waals surface area contributed by atoms with Crippen molar-refractivity contribution in [3.63, 3.8) is 0 Å². The van der Waals surface area contributed by atoms with E-state index in [9.17, 15) is 4.79 Å². The number of rotatable bonds is 4. The third kappa shape index (κ3) is 3.20. The van der Waals surface area contributed by atoms with Gasteiger partial charge in [0.05, 0.1) is 0 Å². The van der Waals surface area contributed by atoms with Gasteiger partial charge < -0.3 is 0 Å². The van der Waals surface area contributed by atoms with Crippen LogP contribution < -0.4 is 0 Å². The van der Waals surface area contributed by atoms with E-state index in [0.29, 0.717) is 21.9 Å². The van der Waals surface area contributed by atoms with Gasteiger partial charge >= 0.3 is 0 Å². The molecule has 0 atom stereocenters. The monoisotopic (exact) mass is 290 g/mol. The summed E-state index contributed by atoms with van der Waals surface area (Å²) in [6.45, 7) is 2.09. The minimum Gasteiger partial charge on any atom is -0.289 e. The number of halogens is 1. The Morgan fingerprint density at radius 1 is 1.16 bits per heavy atom. The van der Waals surface area contributed by atoms with E-state index in [1.54, 1.807) is 18.2 Å². The zero-order chi connectivity index (χ0) is 13.8. The molecule has 0 N–H and O–H groups in total. The number of carbonyl (C=O) groups excluding carboxylic acids is 1. The number of benzene rings is 2. The molecule has 0 radical (unpaired) electrons. The van der Waals surface area contributed by atoms with Gasteiger partial charge in [0, 0.05) is 21.9 Å². The molecule has 2 aromatic carbocycles. The molecule has 0 aliphatic heterocycles. The Kier molecular flexibility index (Phi) is 4.67. The zero-order valence-corrected chi connectivity index (χ0v) is 12.3. The van der Waals surface area contributed by atoms with E-state index >= 15 is 0 Å². The summed E-state index contributed by atoms with van der Waals surface area (Å²) in [6, 6.07) is 13.0. The fourth-order valence-corrected chi connectivity index (χ4v) is 2.42. The first-order valence-corrected chi connectivity index (χ1v) is 7.19. The first-order valence-electron chi connectivity index (χ1n) is 6.18. The number of carbonyl (C=O) groups is 1. The number of hydrogen-bond donors (Lipinski definition) is 1. The zero-order valence-electron chi connectivity index (χ0n) is 10.7. The highest BCUT2D eigenvalue weighted by Gasteiger charge is 2.13. The van der Waals surface area contributed by atoms with Gasteiger partial charge in [-0.15, -0.1) is 0 Å². The molecule has 1 nitrogen and oxygen atoms in total. The molecular formula is C16H15ClOS. The quantitative estimate of drug-likeness (QED) is 0.645. The van der Waals surface area contributed by atoms with Crippen molar-refractivity contribution in [3.8, 4) is 0 Å². The lowest BCUT2D eigenvalue weighted by Crippen LogP contribution is -2.04. The molecule has 0 unspecified atom stereocenters. The van der Waals surface area contributed by atoms with Crippen LogP contribution in [0, 0.1) is 0 Å². The molecule has 0 aromatic heterocycles. The van der Waals surface area contributed by atoms with E-state index < -0.39 is 0 Å². The lowest BCUT2D eigenvalue weighted by Gasteiger charge is -2.08. The topological polar surface area (TPSA) is 17.1 Å². The summed E-state index contributed by atoms with van der Waals surface area (Å²) >= 11 is 10.2. The van der Waals surface area contributed by atoms with Gasteiger partial charge in [0.15, 0.2) is 5.78 Å². The lowest BCUT2D eigenvalue weighted by atomic mass is 9.98. The summed E-state index contributed by atoms with van der Waals surface area (Å²) in [4.78, 5) is 12.5. The Balaban J connectivity index is 2.37. The average Bonchev–Trinajstić information content (AvgIpc) is 2.46. The maximum absolute atomic E-state index is 12.5. The van der Waals surface area contributed by atoms with Crippen LogP contribution in [-0.2, 0) is 12.2 Å². The Morgan fingerprint density at radius 3 is 2.42 bits per heavy atom. The molecule has 0 fully saturated rings. The molecule has 98 valence electrons. The van der Waals surface area contributed by atoms with Crippen LogP contribution in [0.1, 0.15) is 34.0 Å². The average molecular weight is 291 g/mol. The second kappa shape index (κ2) is 6.27. The molecule has 0 saturated carbocycles. The van der Waals surface area contributed by atoms with Crippen LogP contribution in [0.2, 0.25) is 5.02 Å². The summed E-state index contributed by atoms with van der Waals surface area (Å²) in [7, 11) is 0. The normalized spacial score (nSPS) is 10.5. The Bertz CT molecular complexity index is 590. The summed E-state index contributed by atoms with van der Waals surface area (Å²) < 4.78 is 0. The van der Waals surface area contributed by atoms with E-state index in [4.69, 9.17) is 11.6 Å². The first kappa shape index (κ1) is 14.2. The van der Waals surface area contributed by atoms with Gasteiger partial charge in [-0.05, 0) is 35.7 Å².